The molecule has 27 heavy (non-hydrogen) atoms. The normalized spacial score (nSPS) is 16.0. The van der Waals surface area contributed by atoms with Gasteiger partial charge in [-0.05, 0) is 12.1 Å². The molecule has 1 fully saturated rings. The first kappa shape index (κ1) is 19.2. The number of aromatic nitrogens is 1. The van der Waals surface area contributed by atoms with Gasteiger partial charge in [-0.3, -0.25) is 4.99 Å². The van der Waals surface area contributed by atoms with Crippen molar-refractivity contribution in [2.75, 3.05) is 38.1 Å². The highest BCUT2D eigenvalue weighted by molar-refractivity contribution is 5.80. The van der Waals surface area contributed by atoms with Gasteiger partial charge in [0.1, 0.15) is 11.6 Å². The van der Waals surface area contributed by atoms with Gasteiger partial charge in [0.05, 0.1) is 18.4 Å². The number of hydrogen-bond acceptors (Lipinski definition) is 4. The molecule has 0 spiro atoms. The first-order valence-corrected chi connectivity index (χ1v) is 9.29. The van der Waals surface area contributed by atoms with Crippen LogP contribution < -0.4 is 10.2 Å². The monoisotopic (exact) mass is 373 g/mol. The standard InChI is InChI=1S/C20H28FN5O/c1-20(2,3)17-13-23-18(27-17)14-24-19(22-4)26-11-9-25(10-12-26)16-8-6-5-7-15(16)21/h5-8,13H,9-12,14H2,1-4H3,(H,22,24). The molecule has 0 bridgehead atoms. The number of halogens is 1. The number of piperazine rings is 1. The molecule has 1 aliphatic rings. The second kappa shape index (κ2) is 7.98. The van der Waals surface area contributed by atoms with E-state index >= 15 is 0 Å². The molecule has 1 saturated heterocycles. The minimum atomic E-state index is -0.174. The summed E-state index contributed by atoms with van der Waals surface area (Å²) in [6.07, 6.45) is 1.78. The van der Waals surface area contributed by atoms with Crippen molar-refractivity contribution >= 4 is 11.6 Å². The van der Waals surface area contributed by atoms with Crippen molar-refractivity contribution in [3.8, 4) is 0 Å². The molecule has 3 rings (SSSR count). The van der Waals surface area contributed by atoms with E-state index in [0.717, 1.165) is 37.9 Å². The smallest absolute Gasteiger partial charge is 0.213 e. The van der Waals surface area contributed by atoms with Crippen LogP contribution in [0.1, 0.15) is 32.4 Å². The van der Waals surface area contributed by atoms with Crippen LogP contribution in [0.3, 0.4) is 0 Å². The van der Waals surface area contributed by atoms with E-state index in [1.54, 1.807) is 19.3 Å². The van der Waals surface area contributed by atoms with Crippen molar-refractivity contribution in [1.29, 1.82) is 0 Å². The highest BCUT2D eigenvalue weighted by atomic mass is 19.1. The van der Waals surface area contributed by atoms with Crippen LogP contribution in [-0.4, -0.2) is 49.1 Å². The second-order valence-electron chi connectivity index (χ2n) is 7.69. The van der Waals surface area contributed by atoms with Crippen LogP contribution in [0.25, 0.3) is 0 Å². The summed E-state index contributed by atoms with van der Waals surface area (Å²) < 4.78 is 19.8. The van der Waals surface area contributed by atoms with Crippen molar-refractivity contribution in [3.63, 3.8) is 0 Å². The predicted molar refractivity (Wildman–Crippen MR) is 106 cm³/mol. The highest BCUT2D eigenvalue weighted by Crippen LogP contribution is 2.23. The van der Waals surface area contributed by atoms with Gasteiger partial charge in [-0.15, -0.1) is 0 Å². The van der Waals surface area contributed by atoms with Gasteiger partial charge in [-0.2, -0.15) is 0 Å². The quantitative estimate of drug-likeness (QED) is 0.662. The zero-order chi connectivity index (χ0) is 19.4. The number of anilines is 1. The van der Waals surface area contributed by atoms with E-state index in [-0.39, 0.29) is 11.2 Å². The lowest BCUT2D eigenvalue weighted by Gasteiger charge is -2.37. The fraction of sp³-hybridized carbons (Fsp3) is 0.500. The average molecular weight is 373 g/mol. The molecule has 0 radical (unpaired) electrons. The Morgan fingerprint density at radius 3 is 2.52 bits per heavy atom. The zero-order valence-corrected chi connectivity index (χ0v) is 16.5. The van der Waals surface area contributed by atoms with Gasteiger partial charge < -0.3 is 19.5 Å². The SMILES string of the molecule is CN=C(NCc1ncc(C(C)(C)C)o1)N1CCN(c2ccccc2F)CC1. The number of nitrogens with zero attached hydrogens (tertiary/aromatic N) is 4. The molecule has 0 atom stereocenters. The molecule has 1 aromatic heterocycles. The lowest BCUT2D eigenvalue weighted by atomic mass is 9.94. The Balaban J connectivity index is 1.55. The Morgan fingerprint density at radius 1 is 1.22 bits per heavy atom. The van der Waals surface area contributed by atoms with Gasteiger partial charge in [0.25, 0.3) is 0 Å². The Kier molecular flexibility index (Phi) is 5.68. The molecule has 1 aromatic carbocycles. The zero-order valence-electron chi connectivity index (χ0n) is 16.5. The van der Waals surface area contributed by atoms with Crippen LogP contribution in [0.4, 0.5) is 10.1 Å². The number of nitrogens with one attached hydrogen (secondary N) is 1. The Morgan fingerprint density at radius 2 is 1.93 bits per heavy atom. The molecule has 0 aliphatic carbocycles. The molecule has 1 N–H and O–H groups in total. The summed E-state index contributed by atoms with van der Waals surface area (Å²) >= 11 is 0. The maximum Gasteiger partial charge on any atom is 0.213 e. The average Bonchev–Trinajstić information content (AvgIpc) is 3.13. The summed E-state index contributed by atoms with van der Waals surface area (Å²) in [5.41, 5.74) is 0.602. The molecule has 146 valence electrons. The molecule has 2 heterocycles. The minimum absolute atomic E-state index is 0.0596. The lowest BCUT2D eigenvalue weighted by molar-refractivity contribution is 0.358. The third-order valence-corrected chi connectivity index (χ3v) is 4.67. The Bertz CT molecular complexity index is 788. The van der Waals surface area contributed by atoms with E-state index in [1.807, 2.05) is 12.1 Å². The third kappa shape index (κ3) is 4.59. The van der Waals surface area contributed by atoms with E-state index in [1.165, 1.54) is 6.07 Å². The van der Waals surface area contributed by atoms with Crippen LogP contribution in [0.15, 0.2) is 39.9 Å². The number of para-hydroxylation sites is 1. The molecule has 0 unspecified atom stereocenters. The molecular formula is C20H28FN5O. The second-order valence-corrected chi connectivity index (χ2v) is 7.69. The maximum atomic E-state index is 14.0. The van der Waals surface area contributed by atoms with Crippen molar-refractivity contribution in [2.45, 2.75) is 32.7 Å². The van der Waals surface area contributed by atoms with Gasteiger partial charge in [0, 0.05) is 38.6 Å². The van der Waals surface area contributed by atoms with E-state index in [2.05, 4.69) is 45.9 Å². The largest absolute Gasteiger partial charge is 0.443 e. The predicted octanol–water partition coefficient (Wildman–Crippen LogP) is 3.01. The lowest BCUT2D eigenvalue weighted by Crippen LogP contribution is -2.52. The first-order chi connectivity index (χ1) is 12.9. The number of oxazole rings is 1. The molecule has 6 nitrogen and oxygen atoms in total. The van der Waals surface area contributed by atoms with Crippen LogP contribution in [-0.2, 0) is 12.0 Å². The van der Waals surface area contributed by atoms with Gasteiger partial charge in [-0.1, -0.05) is 32.9 Å². The maximum absolute atomic E-state index is 14.0. The Labute approximate surface area is 160 Å². The van der Waals surface area contributed by atoms with E-state index < -0.39 is 0 Å². The summed E-state index contributed by atoms with van der Waals surface area (Å²) in [5, 5.41) is 3.31. The van der Waals surface area contributed by atoms with Crippen LogP contribution >= 0.6 is 0 Å². The summed E-state index contributed by atoms with van der Waals surface area (Å²) in [6, 6.07) is 6.92. The van der Waals surface area contributed by atoms with Crippen molar-refractivity contribution in [2.24, 2.45) is 4.99 Å². The van der Waals surface area contributed by atoms with Crippen molar-refractivity contribution in [3.05, 3.63) is 47.9 Å². The Hall–Kier alpha value is -2.57. The minimum Gasteiger partial charge on any atom is -0.443 e. The molecule has 2 aromatic rings. The molecule has 7 heteroatoms. The fourth-order valence-corrected chi connectivity index (χ4v) is 3.09. The summed E-state index contributed by atoms with van der Waals surface area (Å²) in [6.45, 7) is 9.80. The van der Waals surface area contributed by atoms with Gasteiger partial charge in [-0.25, -0.2) is 9.37 Å². The van der Waals surface area contributed by atoms with Gasteiger partial charge in [0.15, 0.2) is 5.96 Å². The molecule has 0 amide bonds. The number of guanidine groups is 1. The van der Waals surface area contributed by atoms with Crippen LogP contribution in [0, 0.1) is 5.82 Å². The van der Waals surface area contributed by atoms with E-state index in [9.17, 15) is 4.39 Å². The van der Waals surface area contributed by atoms with Crippen LogP contribution in [0.2, 0.25) is 0 Å². The van der Waals surface area contributed by atoms with Gasteiger partial charge in [0.2, 0.25) is 5.89 Å². The van der Waals surface area contributed by atoms with Gasteiger partial charge >= 0.3 is 0 Å². The molecule has 0 saturated carbocycles. The van der Waals surface area contributed by atoms with Crippen molar-refractivity contribution < 1.29 is 8.81 Å². The van der Waals surface area contributed by atoms with Crippen molar-refractivity contribution in [1.82, 2.24) is 15.2 Å². The number of rotatable bonds is 3. The number of aliphatic imine (C=N–C) groups is 1. The summed E-state index contributed by atoms with van der Waals surface area (Å²) in [5.74, 6) is 2.14. The first-order valence-electron chi connectivity index (χ1n) is 9.29. The fourth-order valence-electron chi connectivity index (χ4n) is 3.09. The highest BCUT2D eigenvalue weighted by Gasteiger charge is 2.22. The number of benzene rings is 1. The summed E-state index contributed by atoms with van der Waals surface area (Å²) in [7, 11) is 1.77. The van der Waals surface area contributed by atoms with E-state index in [0.29, 0.717) is 18.1 Å². The molecular weight excluding hydrogens is 345 g/mol. The van der Waals surface area contributed by atoms with Crippen LogP contribution in [0.5, 0.6) is 0 Å². The third-order valence-electron chi connectivity index (χ3n) is 4.67. The summed E-state index contributed by atoms with van der Waals surface area (Å²) in [4.78, 5) is 13.0. The van der Waals surface area contributed by atoms with E-state index in [4.69, 9.17) is 4.42 Å². The number of hydrogen-bond donors (Lipinski definition) is 1. The molecule has 1 aliphatic heterocycles. The topological polar surface area (TPSA) is 56.9 Å².